The van der Waals surface area contributed by atoms with Crippen LogP contribution in [0.1, 0.15) is 0 Å². The average Bonchev–Trinajstić information content (AvgIpc) is 3.27. The third-order valence-corrected chi connectivity index (χ3v) is 4.91. The summed E-state index contributed by atoms with van der Waals surface area (Å²) in [7, 11) is 0. The lowest BCUT2D eigenvalue weighted by molar-refractivity contribution is -0.118. The van der Waals surface area contributed by atoms with Gasteiger partial charge in [-0.1, -0.05) is 48.2 Å². The van der Waals surface area contributed by atoms with E-state index in [2.05, 4.69) is 15.6 Å². The Bertz CT molecular complexity index is 1070. The molecule has 0 saturated carbocycles. The van der Waals surface area contributed by atoms with Crippen LogP contribution in [0.15, 0.2) is 94.6 Å². The normalized spacial score (nSPS) is 10.6. The lowest BCUT2D eigenvalue weighted by Crippen LogP contribution is -2.39. The number of para-hydroxylation sites is 2. The van der Waals surface area contributed by atoms with Crippen LogP contribution in [0, 0.1) is 5.82 Å². The second-order valence-corrected chi connectivity index (χ2v) is 7.14. The van der Waals surface area contributed by atoms with Crippen LogP contribution in [0.5, 0.6) is 0 Å². The van der Waals surface area contributed by atoms with Crippen molar-refractivity contribution in [3.8, 4) is 11.5 Å². The van der Waals surface area contributed by atoms with E-state index in [1.807, 2.05) is 60.7 Å². The summed E-state index contributed by atoms with van der Waals surface area (Å²) < 4.78 is 18.6. The fraction of sp³-hybridized carbons (Fsp3) is 0.0455. The van der Waals surface area contributed by atoms with E-state index in [1.54, 1.807) is 17.1 Å². The topological polar surface area (TPSA) is 71.3 Å². The van der Waals surface area contributed by atoms with Gasteiger partial charge in [-0.3, -0.25) is 15.2 Å². The highest BCUT2D eigenvalue weighted by molar-refractivity contribution is 7.99. The Morgan fingerprint density at radius 2 is 1.50 bits per heavy atom. The molecule has 4 rings (SSSR count). The summed E-state index contributed by atoms with van der Waals surface area (Å²) in [6.07, 6.45) is 0. The summed E-state index contributed by atoms with van der Waals surface area (Å²) in [5.41, 5.74) is 5.18. The van der Waals surface area contributed by atoms with Crippen LogP contribution >= 0.6 is 11.8 Å². The van der Waals surface area contributed by atoms with Crippen molar-refractivity contribution in [2.45, 2.75) is 5.22 Å². The molecule has 4 aromatic rings. The number of hydrogen-bond donors (Lipinski definition) is 1. The highest BCUT2D eigenvalue weighted by Gasteiger charge is 2.15. The Kier molecular flexibility index (Phi) is 6.05. The monoisotopic (exact) mass is 420 g/mol. The Balaban J connectivity index is 1.41. The maximum atomic E-state index is 13.0. The van der Waals surface area contributed by atoms with Crippen molar-refractivity contribution in [2.24, 2.45) is 0 Å². The summed E-state index contributed by atoms with van der Waals surface area (Å²) >= 11 is 1.13. The number of hydrogen-bond acceptors (Lipinski definition) is 6. The van der Waals surface area contributed by atoms with Crippen LogP contribution in [0.25, 0.3) is 11.5 Å². The van der Waals surface area contributed by atoms with E-state index in [0.29, 0.717) is 5.56 Å². The van der Waals surface area contributed by atoms with E-state index in [9.17, 15) is 9.18 Å². The zero-order valence-corrected chi connectivity index (χ0v) is 16.6. The van der Waals surface area contributed by atoms with Crippen molar-refractivity contribution in [3.63, 3.8) is 0 Å². The second kappa shape index (κ2) is 9.23. The number of aromatic nitrogens is 2. The molecule has 0 unspecified atom stereocenters. The van der Waals surface area contributed by atoms with Gasteiger partial charge in [-0.25, -0.2) is 4.39 Å². The molecule has 0 bridgehead atoms. The van der Waals surface area contributed by atoms with Gasteiger partial charge in [0.2, 0.25) is 11.8 Å². The molecule has 0 spiro atoms. The van der Waals surface area contributed by atoms with Gasteiger partial charge in [0.1, 0.15) is 5.82 Å². The quantitative estimate of drug-likeness (QED) is 0.341. The van der Waals surface area contributed by atoms with E-state index < -0.39 is 0 Å². The molecule has 150 valence electrons. The minimum atomic E-state index is -0.342. The number of carbonyl (C=O) groups excluding carboxylic acids is 1. The fourth-order valence-corrected chi connectivity index (χ4v) is 3.25. The average molecular weight is 420 g/mol. The number of nitrogens with one attached hydrogen (secondary N) is 1. The number of anilines is 2. The van der Waals surface area contributed by atoms with Crippen LogP contribution in [0.4, 0.5) is 15.8 Å². The van der Waals surface area contributed by atoms with E-state index in [1.165, 1.54) is 12.1 Å². The Morgan fingerprint density at radius 3 is 2.10 bits per heavy atom. The zero-order valence-electron chi connectivity index (χ0n) is 15.7. The third kappa shape index (κ3) is 4.84. The largest absolute Gasteiger partial charge is 0.411 e. The fourth-order valence-electron chi connectivity index (χ4n) is 2.69. The highest BCUT2D eigenvalue weighted by atomic mass is 32.2. The van der Waals surface area contributed by atoms with E-state index in [-0.39, 0.29) is 28.6 Å². The van der Waals surface area contributed by atoms with Crippen LogP contribution < -0.4 is 10.4 Å². The van der Waals surface area contributed by atoms with Gasteiger partial charge in [-0.05, 0) is 48.5 Å². The molecule has 0 radical (unpaired) electrons. The number of hydrazine groups is 1. The predicted molar refractivity (Wildman–Crippen MR) is 114 cm³/mol. The summed E-state index contributed by atoms with van der Waals surface area (Å²) in [5, 5.41) is 9.87. The van der Waals surface area contributed by atoms with Crippen molar-refractivity contribution in [2.75, 3.05) is 10.8 Å². The molecule has 6 nitrogen and oxygen atoms in total. The molecule has 1 N–H and O–H groups in total. The first-order chi connectivity index (χ1) is 14.7. The van der Waals surface area contributed by atoms with Crippen molar-refractivity contribution in [1.82, 2.24) is 15.6 Å². The molecule has 30 heavy (non-hydrogen) atoms. The van der Waals surface area contributed by atoms with Crippen molar-refractivity contribution < 1.29 is 13.6 Å². The lowest BCUT2D eigenvalue weighted by atomic mass is 10.2. The molecule has 1 heterocycles. The second-order valence-electron chi connectivity index (χ2n) is 6.21. The van der Waals surface area contributed by atoms with Gasteiger partial charge >= 0.3 is 0 Å². The molecule has 1 amide bonds. The number of amides is 1. The van der Waals surface area contributed by atoms with E-state index >= 15 is 0 Å². The van der Waals surface area contributed by atoms with Crippen molar-refractivity contribution in [3.05, 3.63) is 90.7 Å². The number of carbonyl (C=O) groups is 1. The number of nitrogens with zero attached hydrogens (tertiary/aromatic N) is 3. The van der Waals surface area contributed by atoms with Gasteiger partial charge in [-0.2, -0.15) is 0 Å². The Morgan fingerprint density at radius 1 is 0.900 bits per heavy atom. The molecule has 1 aromatic heterocycles. The Hall–Kier alpha value is -3.65. The standard InChI is InChI=1S/C22H17FN4O2S/c23-17-13-11-16(12-14-17)21-24-25-22(29-21)30-15-20(28)26-27(18-7-3-1-4-8-18)19-9-5-2-6-10-19/h1-14H,15H2,(H,26,28). The van der Waals surface area contributed by atoms with E-state index in [0.717, 1.165) is 23.1 Å². The van der Waals surface area contributed by atoms with Gasteiger partial charge < -0.3 is 4.42 Å². The zero-order chi connectivity index (χ0) is 20.8. The molecule has 0 aliphatic rings. The molecular weight excluding hydrogens is 403 g/mol. The number of benzene rings is 3. The molecule has 3 aromatic carbocycles. The molecule has 0 fully saturated rings. The molecular formula is C22H17FN4O2S. The number of thioether (sulfide) groups is 1. The minimum Gasteiger partial charge on any atom is -0.411 e. The molecule has 0 atom stereocenters. The maximum Gasteiger partial charge on any atom is 0.277 e. The van der Waals surface area contributed by atoms with Crippen molar-refractivity contribution in [1.29, 1.82) is 0 Å². The first-order valence-corrected chi connectivity index (χ1v) is 10.1. The van der Waals surface area contributed by atoms with Gasteiger partial charge in [0.15, 0.2) is 0 Å². The van der Waals surface area contributed by atoms with Crippen LogP contribution in [-0.4, -0.2) is 21.9 Å². The lowest BCUT2D eigenvalue weighted by Gasteiger charge is -2.25. The molecule has 0 aliphatic heterocycles. The van der Waals surface area contributed by atoms with Crippen LogP contribution in [-0.2, 0) is 4.79 Å². The van der Waals surface area contributed by atoms with E-state index in [4.69, 9.17) is 4.42 Å². The minimum absolute atomic E-state index is 0.0845. The summed E-state index contributed by atoms with van der Waals surface area (Å²) in [6, 6.07) is 24.8. The summed E-state index contributed by atoms with van der Waals surface area (Å²) in [6.45, 7) is 0. The van der Waals surface area contributed by atoms with Gasteiger partial charge in [0.05, 0.1) is 17.1 Å². The van der Waals surface area contributed by atoms with Crippen molar-refractivity contribution >= 4 is 29.0 Å². The first-order valence-electron chi connectivity index (χ1n) is 9.11. The summed E-state index contributed by atoms with van der Waals surface area (Å²) in [5.74, 6) is -0.213. The molecule has 0 aliphatic carbocycles. The third-order valence-electron chi connectivity index (χ3n) is 4.09. The highest BCUT2D eigenvalue weighted by Crippen LogP contribution is 2.25. The summed E-state index contributed by atoms with van der Waals surface area (Å²) in [4.78, 5) is 12.6. The SMILES string of the molecule is O=C(CSc1nnc(-c2ccc(F)cc2)o1)NN(c1ccccc1)c1ccccc1. The Labute approximate surface area is 176 Å². The predicted octanol–water partition coefficient (Wildman–Crippen LogP) is 4.84. The first kappa shape index (κ1) is 19.7. The van der Waals surface area contributed by atoms with Gasteiger partial charge in [-0.15, -0.1) is 10.2 Å². The van der Waals surface area contributed by atoms with Crippen LogP contribution in [0.2, 0.25) is 0 Å². The van der Waals surface area contributed by atoms with Gasteiger partial charge in [0.25, 0.3) is 5.22 Å². The number of rotatable bonds is 7. The van der Waals surface area contributed by atoms with Crippen LogP contribution in [0.3, 0.4) is 0 Å². The number of halogens is 1. The molecule has 0 saturated heterocycles. The maximum absolute atomic E-state index is 13.0. The van der Waals surface area contributed by atoms with Gasteiger partial charge in [0, 0.05) is 5.56 Å². The molecule has 8 heteroatoms. The smallest absolute Gasteiger partial charge is 0.277 e.